The van der Waals surface area contributed by atoms with Gasteiger partial charge >= 0.3 is 0 Å². The molecule has 0 spiro atoms. The molecule has 0 radical (unpaired) electrons. The highest BCUT2D eigenvalue weighted by atomic mass is 16.3. The molecule has 11 rings (SSSR count). The monoisotopic (exact) mass is 678 g/mol. The minimum Gasteiger partial charge on any atom is -0.456 e. The van der Waals surface area contributed by atoms with Gasteiger partial charge in [-0.1, -0.05) is 109 Å². The number of oxazole rings is 1. The Kier molecular flexibility index (Phi) is 6.52. The molecule has 0 amide bonds. The molecule has 2 heterocycles. The molecule has 248 valence electrons. The van der Waals surface area contributed by atoms with E-state index in [2.05, 4.69) is 144 Å². The van der Waals surface area contributed by atoms with Crippen molar-refractivity contribution in [2.45, 2.75) is 0 Å². The van der Waals surface area contributed by atoms with Gasteiger partial charge in [0.15, 0.2) is 5.58 Å². The van der Waals surface area contributed by atoms with Gasteiger partial charge in [-0.2, -0.15) is 0 Å². The standard InChI is InChI=1S/C49H30N2O2/c1-3-9-31(10-4-1)36-18-15-32-19-22-38(28-37(32)27-36)51(40-24-26-46-43(30-40)41-13-7-8-14-45(41)52-46)39-23-20-33-16-17-34-21-25-44-48(47(34)42(33)29-39)53-49(50-44)35-11-5-2-6-12-35/h1-30H. The summed E-state index contributed by atoms with van der Waals surface area (Å²) >= 11 is 0. The van der Waals surface area contributed by atoms with Crippen LogP contribution in [0.15, 0.2) is 191 Å². The van der Waals surface area contributed by atoms with Gasteiger partial charge in [0.2, 0.25) is 5.89 Å². The summed E-state index contributed by atoms with van der Waals surface area (Å²) in [7, 11) is 0. The van der Waals surface area contributed by atoms with Crippen LogP contribution in [0.25, 0.3) is 87.9 Å². The first-order valence-electron chi connectivity index (χ1n) is 17.9. The van der Waals surface area contributed by atoms with Gasteiger partial charge in [0, 0.05) is 38.8 Å². The summed E-state index contributed by atoms with van der Waals surface area (Å²) in [5.74, 6) is 0.620. The summed E-state index contributed by atoms with van der Waals surface area (Å²) in [6, 6.07) is 64.1. The van der Waals surface area contributed by atoms with E-state index in [1.54, 1.807) is 0 Å². The SMILES string of the molecule is c1ccc(-c2ccc3ccc(N(c4ccc5oc6ccccc6c5c4)c4ccc5ccc6ccc7nc(-c8ccccc8)oc7c6c5c4)cc3c2)cc1. The van der Waals surface area contributed by atoms with Crippen molar-refractivity contribution in [2.24, 2.45) is 0 Å². The zero-order valence-electron chi connectivity index (χ0n) is 28.5. The first-order valence-corrected chi connectivity index (χ1v) is 17.9. The van der Waals surface area contributed by atoms with E-state index in [1.807, 2.05) is 42.5 Å². The molecule has 0 aliphatic carbocycles. The lowest BCUT2D eigenvalue weighted by Crippen LogP contribution is -2.10. The summed E-state index contributed by atoms with van der Waals surface area (Å²) < 4.78 is 12.8. The van der Waals surface area contributed by atoms with E-state index in [0.717, 1.165) is 77.2 Å². The molecule has 0 saturated carbocycles. The predicted molar refractivity (Wildman–Crippen MR) is 219 cm³/mol. The maximum Gasteiger partial charge on any atom is 0.227 e. The zero-order chi connectivity index (χ0) is 34.9. The van der Waals surface area contributed by atoms with Crippen LogP contribution in [0.2, 0.25) is 0 Å². The highest BCUT2D eigenvalue weighted by Gasteiger charge is 2.19. The third kappa shape index (κ3) is 4.88. The summed E-state index contributed by atoms with van der Waals surface area (Å²) in [6.07, 6.45) is 0. The number of para-hydroxylation sites is 1. The molecular formula is C49H30N2O2. The van der Waals surface area contributed by atoms with Gasteiger partial charge in [0.05, 0.1) is 0 Å². The number of hydrogen-bond acceptors (Lipinski definition) is 4. The number of hydrogen-bond donors (Lipinski definition) is 0. The molecule has 9 aromatic carbocycles. The van der Waals surface area contributed by atoms with Gasteiger partial charge < -0.3 is 13.7 Å². The van der Waals surface area contributed by atoms with Crippen LogP contribution in [0, 0.1) is 0 Å². The lowest BCUT2D eigenvalue weighted by Gasteiger charge is -2.26. The second-order valence-corrected chi connectivity index (χ2v) is 13.6. The smallest absolute Gasteiger partial charge is 0.227 e. The van der Waals surface area contributed by atoms with Crippen molar-refractivity contribution < 1.29 is 8.83 Å². The fraction of sp³-hybridized carbons (Fsp3) is 0. The number of fused-ring (bicyclic) bond motifs is 9. The number of anilines is 3. The molecule has 53 heavy (non-hydrogen) atoms. The second-order valence-electron chi connectivity index (χ2n) is 13.6. The third-order valence-electron chi connectivity index (χ3n) is 10.4. The van der Waals surface area contributed by atoms with Crippen LogP contribution in [-0.2, 0) is 0 Å². The largest absolute Gasteiger partial charge is 0.456 e. The molecular weight excluding hydrogens is 649 g/mol. The Morgan fingerprint density at radius 2 is 1.00 bits per heavy atom. The minimum absolute atomic E-state index is 0.620. The van der Waals surface area contributed by atoms with E-state index in [0.29, 0.717) is 5.89 Å². The van der Waals surface area contributed by atoms with E-state index >= 15 is 0 Å². The molecule has 4 nitrogen and oxygen atoms in total. The van der Waals surface area contributed by atoms with Crippen LogP contribution < -0.4 is 4.90 Å². The van der Waals surface area contributed by atoms with E-state index in [9.17, 15) is 0 Å². The van der Waals surface area contributed by atoms with Gasteiger partial charge in [0.25, 0.3) is 0 Å². The molecule has 2 aromatic heterocycles. The van der Waals surface area contributed by atoms with Gasteiger partial charge in [-0.15, -0.1) is 0 Å². The fourth-order valence-corrected chi connectivity index (χ4v) is 7.84. The average Bonchev–Trinajstić information content (AvgIpc) is 3.83. The normalized spacial score (nSPS) is 11.8. The Morgan fingerprint density at radius 3 is 1.85 bits per heavy atom. The molecule has 4 heteroatoms. The lowest BCUT2D eigenvalue weighted by atomic mass is 9.99. The first-order chi connectivity index (χ1) is 26.2. The number of furan rings is 1. The van der Waals surface area contributed by atoms with Crippen LogP contribution in [0.1, 0.15) is 0 Å². The van der Waals surface area contributed by atoms with E-state index in [4.69, 9.17) is 13.8 Å². The molecule has 0 bridgehead atoms. The highest BCUT2D eigenvalue weighted by molar-refractivity contribution is 6.19. The molecule has 0 N–H and O–H groups in total. The van der Waals surface area contributed by atoms with Crippen molar-refractivity contribution in [3.8, 4) is 22.6 Å². The maximum atomic E-state index is 6.59. The Balaban J connectivity index is 1.15. The Bertz CT molecular complexity index is 3180. The molecule has 11 aromatic rings. The minimum atomic E-state index is 0.620. The van der Waals surface area contributed by atoms with Crippen molar-refractivity contribution in [3.63, 3.8) is 0 Å². The lowest BCUT2D eigenvalue weighted by molar-refractivity contribution is 0.623. The zero-order valence-corrected chi connectivity index (χ0v) is 28.5. The summed E-state index contributed by atoms with van der Waals surface area (Å²) in [5, 5.41) is 8.94. The van der Waals surface area contributed by atoms with Gasteiger partial charge in [0.1, 0.15) is 16.7 Å². The molecule has 0 aliphatic heterocycles. The molecule has 0 atom stereocenters. The first kappa shape index (κ1) is 29.5. The van der Waals surface area contributed by atoms with E-state index in [1.165, 1.54) is 21.9 Å². The van der Waals surface area contributed by atoms with Gasteiger partial charge in [-0.25, -0.2) is 4.98 Å². The quantitative estimate of drug-likeness (QED) is 0.170. The molecule has 0 saturated heterocycles. The third-order valence-corrected chi connectivity index (χ3v) is 10.4. The summed E-state index contributed by atoms with van der Waals surface area (Å²) in [5.41, 5.74) is 9.87. The van der Waals surface area contributed by atoms with Crippen molar-refractivity contribution >= 4 is 82.4 Å². The Morgan fingerprint density at radius 1 is 0.377 bits per heavy atom. The molecule has 0 aliphatic rings. The number of aromatic nitrogens is 1. The summed E-state index contributed by atoms with van der Waals surface area (Å²) in [4.78, 5) is 7.26. The Hall–Kier alpha value is -7.17. The topological polar surface area (TPSA) is 42.4 Å². The number of benzene rings is 9. The average molecular weight is 679 g/mol. The van der Waals surface area contributed by atoms with E-state index < -0.39 is 0 Å². The number of rotatable bonds is 5. The fourth-order valence-electron chi connectivity index (χ4n) is 7.84. The van der Waals surface area contributed by atoms with Crippen molar-refractivity contribution in [1.82, 2.24) is 4.98 Å². The highest BCUT2D eigenvalue weighted by Crippen LogP contribution is 2.43. The Labute approximate surface area is 304 Å². The van der Waals surface area contributed by atoms with Gasteiger partial charge in [-0.05, 0) is 111 Å². The van der Waals surface area contributed by atoms with E-state index in [-0.39, 0.29) is 0 Å². The second kappa shape index (κ2) is 11.7. The van der Waals surface area contributed by atoms with Crippen LogP contribution >= 0.6 is 0 Å². The van der Waals surface area contributed by atoms with Gasteiger partial charge in [-0.3, -0.25) is 0 Å². The van der Waals surface area contributed by atoms with Crippen molar-refractivity contribution in [3.05, 3.63) is 182 Å². The van der Waals surface area contributed by atoms with Crippen molar-refractivity contribution in [2.75, 3.05) is 4.90 Å². The molecule has 0 unspecified atom stereocenters. The summed E-state index contributed by atoms with van der Waals surface area (Å²) in [6.45, 7) is 0. The maximum absolute atomic E-state index is 6.59. The predicted octanol–water partition coefficient (Wildman–Crippen LogP) is 14.0. The molecule has 0 fully saturated rings. The van der Waals surface area contributed by atoms with Crippen LogP contribution in [0.3, 0.4) is 0 Å². The van der Waals surface area contributed by atoms with Crippen LogP contribution in [0.5, 0.6) is 0 Å². The van der Waals surface area contributed by atoms with Crippen LogP contribution in [0.4, 0.5) is 17.1 Å². The van der Waals surface area contributed by atoms with Crippen LogP contribution in [-0.4, -0.2) is 4.98 Å². The number of nitrogens with zero attached hydrogens (tertiary/aromatic N) is 2. The van der Waals surface area contributed by atoms with Crippen molar-refractivity contribution in [1.29, 1.82) is 0 Å².